The average Bonchev–Trinajstić information content (AvgIpc) is 3.14. The van der Waals surface area contributed by atoms with Crippen LogP contribution in [0.25, 0.3) is 0 Å². The number of hydrogen-bond donors (Lipinski definition) is 0. The Balaban J connectivity index is 1.25. The van der Waals surface area contributed by atoms with Gasteiger partial charge in [0.25, 0.3) is 0 Å². The summed E-state index contributed by atoms with van der Waals surface area (Å²) in [6.07, 6.45) is 3.16. The zero-order chi connectivity index (χ0) is 18.2. The fraction of sp³-hybridized carbons (Fsp3) is 0.571. The van der Waals surface area contributed by atoms with E-state index >= 15 is 0 Å². The lowest BCUT2D eigenvalue weighted by atomic mass is 10.2. The Bertz CT molecular complexity index is 646. The normalized spacial score (nSPS) is 15.5. The van der Waals surface area contributed by atoms with Gasteiger partial charge in [0.2, 0.25) is 0 Å². The molecule has 26 heavy (non-hydrogen) atoms. The van der Waals surface area contributed by atoms with E-state index in [4.69, 9.17) is 9.26 Å². The predicted octanol–water partition coefficient (Wildman–Crippen LogP) is 3.66. The van der Waals surface area contributed by atoms with Gasteiger partial charge in [0.1, 0.15) is 11.5 Å². The largest absolute Gasteiger partial charge is 0.375 e. The molecule has 0 spiro atoms. The molecule has 1 fully saturated rings. The van der Waals surface area contributed by atoms with E-state index in [-0.39, 0.29) is 0 Å². The molecule has 1 aromatic carbocycles. The van der Waals surface area contributed by atoms with E-state index in [1.165, 1.54) is 17.7 Å². The number of aryl methyl sites for hydroxylation is 2. The number of unbranched alkanes of at least 4 members (excludes halogenated alkanes) is 1. The second-order valence-electron chi connectivity index (χ2n) is 7.06. The number of anilines is 1. The summed E-state index contributed by atoms with van der Waals surface area (Å²) >= 11 is 0. The Labute approximate surface area is 156 Å². The maximum Gasteiger partial charge on any atom is 0.136 e. The molecule has 0 radical (unpaired) electrons. The first-order valence-corrected chi connectivity index (χ1v) is 9.81. The van der Waals surface area contributed by atoms with Crippen LogP contribution in [0.5, 0.6) is 0 Å². The third kappa shape index (κ3) is 5.58. The quantitative estimate of drug-likeness (QED) is 0.641. The monoisotopic (exact) mass is 357 g/mol. The fourth-order valence-electron chi connectivity index (χ4n) is 3.29. The Morgan fingerprint density at radius 2 is 1.85 bits per heavy atom. The third-order valence-electron chi connectivity index (χ3n) is 4.99. The van der Waals surface area contributed by atoms with E-state index in [1.807, 2.05) is 6.07 Å². The molecule has 1 saturated heterocycles. The van der Waals surface area contributed by atoms with Gasteiger partial charge in [0, 0.05) is 51.0 Å². The van der Waals surface area contributed by atoms with Crippen molar-refractivity contribution in [1.29, 1.82) is 0 Å². The maximum atomic E-state index is 5.70. The van der Waals surface area contributed by atoms with E-state index in [2.05, 4.69) is 53.1 Å². The zero-order valence-corrected chi connectivity index (χ0v) is 16.1. The number of ether oxygens (including phenoxy) is 1. The second-order valence-corrected chi connectivity index (χ2v) is 7.06. The summed E-state index contributed by atoms with van der Waals surface area (Å²) in [4.78, 5) is 5.05. The molecule has 0 amide bonds. The van der Waals surface area contributed by atoms with Crippen LogP contribution in [-0.4, -0.2) is 49.4 Å². The SMILES string of the molecule is CCc1cc(COCCCCN2CCN(c3ccc(C)cc3)CC2)no1. The first-order valence-electron chi connectivity index (χ1n) is 9.81. The molecule has 2 heterocycles. The highest BCUT2D eigenvalue weighted by molar-refractivity contribution is 5.47. The Kier molecular flexibility index (Phi) is 7.09. The van der Waals surface area contributed by atoms with Crippen LogP contribution >= 0.6 is 0 Å². The molecule has 5 heteroatoms. The third-order valence-corrected chi connectivity index (χ3v) is 4.99. The molecule has 1 aliphatic heterocycles. The van der Waals surface area contributed by atoms with Crippen LogP contribution in [0, 0.1) is 6.92 Å². The molecule has 5 nitrogen and oxygen atoms in total. The van der Waals surface area contributed by atoms with E-state index in [0.29, 0.717) is 6.61 Å². The van der Waals surface area contributed by atoms with E-state index in [9.17, 15) is 0 Å². The smallest absolute Gasteiger partial charge is 0.136 e. The van der Waals surface area contributed by atoms with Gasteiger partial charge in [-0.3, -0.25) is 4.90 Å². The van der Waals surface area contributed by atoms with Gasteiger partial charge in [-0.1, -0.05) is 29.8 Å². The summed E-state index contributed by atoms with van der Waals surface area (Å²) in [7, 11) is 0. The molecule has 0 bridgehead atoms. The van der Waals surface area contributed by atoms with Crippen molar-refractivity contribution in [3.8, 4) is 0 Å². The van der Waals surface area contributed by atoms with Gasteiger partial charge in [0.15, 0.2) is 0 Å². The van der Waals surface area contributed by atoms with Gasteiger partial charge in [-0.05, 0) is 38.4 Å². The lowest BCUT2D eigenvalue weighted by molar-refractivity contribution is 0.109. The van der Waals surface area contributed by atoms with Crippen molar-refractivity contribution in [2.75, 3.05) is 44.2 Å². The standard InChI is InChI=1S/C21H31N3O2/c1-3-21-16-19(22-26-21)17-25-15-5-4-10-23-11-13-24(14-12-23)20-8-6-18(2)7-9-20/h6-9,16H,3-5,10-15,17H2,1-2H3. The molecule has 0 atom stereocenters. The van der Waals surface area contributed by atoms with E-state index in [1.54, 1.807) is 0 Å². The lowest BCUT2D eigenvalue weighted by Gasteiger charge is -2.36. The average molecular weight is 357 g/mol. The summed E-state index contributed by atoms with van der Waals surface area (Å²) < 4.78 is 10.9. The minimum Gasteiger partial charge on any atom is -0.375 e. The van der Waals surface area contributed by atoms with Crippen molar-refractivity contribution < 1.29 is 9.26 Å². The van der Waals surface area contributed by atoms with Gasteiger partial charge < -0.3 is 14.2 Å². The van der Waals surface area contributed by atoms with Crippen LogP contribution in [0.1, 0.15) is 36.8 Å². The molecule has 0 unspecified atom stereocenters. The summed E-state index contributed by atoms with van der Waals surface area (Å²) in [6.45, 7) is 11.2. The number of nitrogens with zero attached hydrogens (tertiary/aromatic N) is 3. The Hall–Kier alpha value is -1.85. The Morgan fingerprint density at radius 1 is 1.08 bits per heavy atom. The molecule has 3 rings (SSSR count). The summed E-state index contributed by atoms with van der Waals surface area (Å²) in [5.41, 5.74) is 3.57. The minimum atomic E-state index is 0.554. The zero-order valence-electron chi connectivity index (χ0n) is 16.1. The van der Waals surface area contributed by atoms with Crippen LogP contribution in [-0.2, 0) is 17.8 Å². The van der Waals surface area contributed by atoms with Crippen LogP contribution in [0.2, 0.25) is 0 Å². The van der Waals surface area contributed by atoms with Crippen molar-refractivity contribution in [3.63, 3.8) is 0 Å². The van der Waals surface area contributed by atoms with Crippen LogP contribution in [0.4, 0.5) is 5.69 Å². The van der Waals surface area contributed by atoms with Gasteiger partial charge in [-0.2, -0.15) is 0 Å². The molecule has 0 saturated carbocycles. The highest BCUT2D eigenvalue weighted by atomic mass is 16.5. The van der Waals surface area contributed by atoms with Gasteiger partial charge >= 0.3 is 0 Å². The lowest BCUT2D eigenvalue weighted by Crippen LogP contribution is -2.46. The molecule has 1 aromatic heterocycles. The summed E-state index contributed by atoms with van der Waals surface area (Å²) in [6, 6.07) is 10.8. The van der Waals surface area contributed by atoms with Gasteiger partial charge in [-0.15, -0.1) is 0 Å². The van der Waals surface area contributed by atoms with Gasteiger partial charge in [-0.25, -0.2) is 0 Å². The second kappa shape index (κ2) is 9.74. The molecular weight excluding hydrogens is 326 g/mol. The topological polar surface area (TPSA) is 41.7 Å². The number of benzene rings is 1. The van der Waals surface area contributed by atoms with E-state index < -0.39 is 0 Å². The van der Waals surface area contributed by atoms with E-state index in [0.717, 1.165) is 63.6 Å². The first-order chi connectivity index (χ1) is 12.7. The molecule has 0 N–H and O–H groups in total. The summed E-state index contributed by atoms with van der Waals surface area (Å²) in [5.74, 6) is 0.924. The first kappa shape index (κ1) is 18.9. The molecule has 2 aromatic rings. The molecule has 142 valence electrons. The highest BCUT2D eigenvalue weighted by Crippen LogP contribution is 2.17. The molecule has 1 aliphatic rings. The number of piperazine rings is 1. The van der Waals surface area contributed by atoms with Crippen molar-refractivity contribution in [3.05, 3.63) is 47.3 Å². The van der Waals surface area contributed by atoms with Crippen molar-refractivity contribution in [2.45, 2.75) is 39.7 Å². The summed E-state index contributed by atoms with van der Waals surface area (Å²) in [5, 5.41) is 4.00. The minimum absolute atomic E-state index is 0.554. The fourth-order valence-corrected chi connectivity index (χ4v) is 3.29. The van der Waals surface area contributed by atoms with Gasteiger partial charge in [0.05, 0.1) is 6.61 Å². The van der Waals surface area contributed by atoms with Crippen LogP contribution in [0.15, 0.2) is 34.9 Å². The number of hydrogen-bond acceptors (Lipinski definition) is 5. The van der Waals surface area contributed by atoms with Crippen LogP contribution in [0.3, 0.4) is 0 Å². The Morgan fingerprint density at radius 3 is 2.54 bits per heavy atom. The van der Waals surface area contributed by atoms with Crippen molar-refractivity contribution >= 4 is 5.69 Å². The van der Waals surface area contributed by atoms with Crippen molar-refractivity contribution in [1.82, 2.24) is 10.1 Å². The maximum absolute atomic E-state index is 5.70. The number of aromatic nitrogens is 1. The van der Waals surface area contributed by atoms with Crippen molar-refractivity contribution in [2.24, 2.45) is 0 Å². The highest BCUT2D eigenvalue weighted by Gasteiger charge is 2.16. The predicted molar refractivity (Wildman–Crippen MR) is 105 cm³/mol. The number of rotatable bonds is 9. The molecule has 0 aliphatic carbocycles. The molecular formula is C21H31N3O2. The van der Waals surface area contributed by atoms with Crippen LogP contribution < -0.4 is 4.90 Å².